The van der Waals surface area contributed by atoms with Crippen molar-refractivity contribution in [1.82, 2.24) is 0 Å². The highest BCUT2D eigenvalue weighted by atomic mass is 32.2. The van der Waals surface area contributed by atoms with Crippen molar-refractivity contribution in [2.75, 3.05) is 12.3 Å². The Morgan fingerprint density at radius 2 is 2.07 bits per heavy atom. The molecule has 0 aromatic heterocycles. The van der Waals surface area contributed by atoms with E-state index in [-0.39, 0.29) is 11.8 Å². The van der Waals surface area contributed by atoms with E-state index in [0.717, 1.165) is 5.75 Å². The van der Waals surface area contributed by atoms with Crippen LogP contribution in [-0.4, -0.2) is 18.3 Å². The minimum absolute atomic E-state index is 0.0986. The summed E-state index contributed by atoms with van der Waals surface area (Å²) in [6, 6.07) is 6.76. The van der Waals surface area contributed by atoms with E-state index in [1.165, 1.54) is 6.07 Å². The van der Waals surface area contributed by atoms with Crippen molar-refractivity contribution >= 4 is 17.7 Å². The third kappa shape index (κ3) is 4.69. The lowest BCUT2D eigenvalue weighted by atomic mass is 10.2. The van der Waals surface area contributed by atoms with Gasteiger partial charge in [0.2, 0.25) is 0 Å². The second-order valence-electron chi connectivity index (χ2n) is 2.95. The number of hydrogen-bond acceptors (Lipinski definition) is 2. The van der Waals surface area contributed by atoms with Crippen molar-refractivity contribution in [2.24, 2.45) is 16.5 Å². The Morgan fingerprint density at radius 3 is 2.73 bits per heavy atom. The Labute approximate surface area is 92.8 Å². The average Bonchev–Trinajstić information content (AvgIpc) is 2.20. The number of nitrogens with two attached hydrogens (primary N) is 2. The summed E-state index contributed by atoms with van der Waals surface area (Å²) in [5, 5.41) is 0. The summed E-state index contributed by atoms with van der Waals surface area (Å²) in [5.41, 5.74) is 11.1. The molecule has 1 rings (SSSR count). The Balaban J connectivity index is 2.26. The van der Waals surface area contributed by atoms with Crippen LogP contribution in [0.25, 0.3) is 0 Å². The van der Waals surface area contributed by atoms with Crippen LogP contribution in [-0.2, 0) is 5.75 Å². The summed E-state index contributed by atoms with van der Waals surface area (Å²) in [7, 11) is 0. The highest BCUT2D eigenvalue weighted by Crippen LogP contribution is 2.14. The van der Waals surface area contributed by atoms with Crippen LogP contribution < -0.4 is 11.5 Å². The molecule has 0 bridgehead atoms. The van der Waals surface area contributed by atoms with Gasteiger partial charge in [0.25, 0.3) is 0 Å². The van der Waals surface area contributed by atoms with E-state index in [0.29, 0.717) is 17.9 Å². The topological polar surface area (TPSA) is 64.4 Å². The van der Waals surface area contributed by atoms with Gasteiger partial charge in [-0.05, 0) is 11.6 Å². The quantitative estimate of drug-likeness (QED) is 0.453. The lowest BCUT2D eigenvalue weighted by Gasteiger charge is -2.01. The second kappa shape index (κ2) is 6.29. The largest absolute Gasteiger partial charge is 0.370 e. The molecule has 3 nitrogen and oxygen atoms in total. The van der Waals surface area contributed by atoms with Crippen LogP contribution in [0.5, 0.6) is 0 Å². The molecule has 82 valence electrons. The molecule has 0 unspecified atom stereocenters. The fraction of sp³-hybridized carbons (Fsp3) is 0.300. The van der Waals surface area contributed by atoms with Gasteiger partial charge in [-0.3, -0.25) is 4.99 Å². The van der Waals surface area contributed by atoms with Crippen LogP contribution in [0, 0.1) is 5.82 Å². The minimum Gasteiger partial charge on any atom is -0.370 e. The van der Waals surface area contributed by atoms with Gasteiger partial charge in [0.15, 0.2) is 5.96 Å². The highest BCUT2D eigenvalue weighted by Gasteiger charge is 1.99. The Hall–Kier alpha value is -1.23. The molecule has 0 heterocycles. The second-order valence-corrected chi connectivity index (χ2v) is 4.06. The summed E-state index contributed by atoms with van der Waals surface area (Å²) in [5.74, 6) is 1.37. The fourth-order valence-electron chi connectivity index (χ4n) is 1.04. The summed E-state index contributed by atoms with van der Waals surface area (Å²) in [6.07, 6.45) is 0. The van der Waals surface area contributed by atoms with Crippen molar-refractivity contribution in [3.63, 3.8) is 0 Å². The van der Waals surface area contributed by atoms with E-state index >= 15 is 0 Å². The molecule has 0 spiro atoms. The average molecular weight is 227 g/mol. The molecular weight excluding hydrogens is 213 g/mol. The maximum atomic E-state index is 13.1. The van der Waals surface area contributed by atoms with E-state index in [4.69, 9.17) is 11.5 Å². The maximum absolute atomic E-state index is 13.1. The number of benzene rings is 1. The lowest BCUT2D eigenvalue weighted by Crippen LogP contribution is -2.23. The molecule has 1 aromatic rings. The highest BCUT2D eigenvalue weighted by molar-refractivity contribution is 7.98. The molecular formula is C10H14FN3S. The fourth-order valence-corrected chi connectivity index (χ4v) is 1.86. The maximum Gasteiger partial charge on any atom is 0.185 e. The molecule has 0 aliphatic carbocycles. The number of hydrogen-bond donors (Lipinski definition) is 2. The van der Waals surface area contributed by atoms with E-state index in [2.05, 4.69) is 4.99 Å². The number of aliphatic imine (C=N–C) groups is 1. The lowest BCUT2D eigenvalue weighted by molar-refractivity contribution is 0.617. The molecule has 0 amide bonds. The molecule has 0 saturated carbocycles. The first-order chi connectivity index (χ1) is 7.20. The van der Waals surface area contributed by atoms with Gasteiger partial charge < -0.3 is 11.5 Å². The van der Waals surface area contributed by atoms with Crippen molar-refractivity contribution in [1.29, 1.82) is 0 Å². The van der Waals surface area contributed by atoms with Crippen LogP contribution in [0.3, 0.4) is 0 Å². The zero-order chi connectivity index (χ0) is 11.1. The van der Waals surface area contributed by atoms with Gasteiger partial charge in [-0.15, -0.1) is 0 Å². The van der Waals surface area contributed by atoms with Crippen LogP contribution in [0.4, 0.5) is 4.39 Å². The van der Waals surface area contributed by atoms with Crippen molar-refractivity contribution in [3.05, 3.63) is 35.6 Å². The molecule has 1 aromatic carbocycles. The molecule has 0 radical (unpaired) electrons. The Kier molecular flexibility index (Phi) is 4.97. The zero-order valence-electron chi connectivity index (χ0n) is 8.32. The monoisotopic (exact) mass is 227 g/mol. The van der Waals surface area contributed by atoms with E-state index in [1.54, 1.807) is 23.9 Å². The van der Waals surface area contributed by atoms with Crippen molar-refractivity contribution in [2.45, 2.75) is 5.75 Å². The van der Waals surface area contributed by atoms with Crippen LogP contribution in [0.15, 0.2) is 29.3 Å². The Bertz CT molecular complexity index is 337. The smallest absolute Gasteiger partial charge is 0.185 e. The van der Waals surface area contributed by atoms with Crippen LogP contribution in [0.1, 0.15) is 5.56 Å². The molecule has 0 atom stereocenters. The van der Waals surface area contributed by atoms with Gasteiger partial charge in [-0.25, -0.2) is 4.39 Å². The molecule has 4 N–H and O–H groups in total. The van der Waals surface area contributed by atoms with Gasteiger partial charge in [-0.1, -0.05) is 18.2 Å². The van der Waals surface area contributed by atoms with Gasteiger partial charge >= 0.3 is 0 Å². The zero-order valence-corrected chi connectivity index (χ0v) is 9.14. The predicted molar refractivity (Wildman–Crippen MR) is 63.2 cm³/mol. The molecule has 0 aliphatic rings. The van der Waals surface area contributed by atoms with Gasteiger partial charge in [0.1, 0.15) is 5.82 Å². The standard InChI is InChI=1S/C10H14FN3S/c11-9-4-2-1-3-8(9)7-15-6-5-14-10(12)13/h1-4H,5-7H2,(H4,12,13,14). The summed E-state index contributed by atoms with van der Waals surface area (Å²) in [4.78, 5) is 3.84. The van der Waals surface area contributed by atoms with Crippen LogP contribution in [0.2, 0.25) is 0 Å². The molecule has 15 heavy (non-hydrogen) atoms. The normalized spacial score (nSPS) is 9.93. The van der Waals surface area contributed by atoms with Crippen LogP contribution >= 0.6 is 11.8 Å². The summed E-state index contributed by atoms with van der Waals surface area (Å²) >= 11 is 1.60. The van der Waals surface area contributed by atoms with E-state index in [9.17, 15) is 4.39 Å². The molecule has 0 aliphatic heterocycles. The number of rotatable bonds is 5. The number of thioether (sulfide) groups is 1. The number of nitrogens with zero attached hydrogens (tertiary/aromatic N) is 1. The first-order valence-electron chi connectivity index (χ1n) is 4.56. The third-order valence-electron chi connectivity index (χ3n) is 1.75. The molecule has 0 saturated heterocycles. The first kappa shape index (κ1) is 11.8. The first-order valence-corrected chi connectivity index (χ1v) is 5.72. The van der Waals surface area contributed by atoms with Gasteiger partial charge in [0.05, 0.1) is 6.54 Å². The summed E-state index contributed by atoms with van der Waals surface area (Å²) < 4.78 is 13.1. The molecule has 5 heteroatoms. The Morgan fingerprint density at radius 1 is 1.33 bits per heavy atom. The van der Waals surface area contributed by atoms with Crippen molar-refractivity contribution in [3.8, 4) is 0 Å². The molecule has 0 fully saturated rings. The van der Waals surface area contributed by atoms with Gasteiger partial charge in [-0.2, -0.15) is 11.8 Å². The van der Waals surface area contributed by atoms with E-state index < -0.39 is 0 Å². The van der Waals surface area contributed by atoms with E-state index in [1.807, 2.05) is 6.07 Å². The third-order valence-corrected chi connectivity index (χ3v) is 2.73. The van der Waals surface area contributed by atoms with Gasteiger partial charge in [0, 0.05) is 11.5 Å². The summed E-state index contributed by atoms with van der Waals surface area (Å²) in [6.45, 7) is 0.571. The predicted octanol–water partition coefficient (Wildman–Crippen LogP) is 1.33. The number of guanidine groups is 1. The van der Waals surface area contributed by atoms with Crippen molar-refractivity contribution < 1.29 is 4.39 Å². The minimum atomic E-state index is -0.160. The number of halogens is 1. The SMILES string of the molecule is NC(N)=NCCSCc1ccccc1F.